The molecule has 0 radical (unpaired) electrons. The fourth-order valence-electron chi connectivity index (χ4n) is 2.41. The molecule has 1 aliphatic heterocycles. The van der Waals surface area contributed by atoms with E-state index >= 15 is 0 Å². The molecule has 20 heavy (non-hydrogen) atoms. The second-order valence-corrected chi connectivity index (χ2v) is 4.83. The van der Waals surface area contributed by atoms with Crippen LogP contribution in [0.25, 0.3) is 0 Å². The van der Waals surface area contributed by atoms with Gasteiger partial charge in [0.05, 0.1) is 12.0 Å². The molecule has 1 fully saturated rings. The Kier molecular flexibility index (Phi) is 3.69. The van der Waals surface area contributed by atoms with Crippen molar-refractivity contribution in [3.8, 4) is 0 Å². The minimum Gasteiger partial charge on any atom is -0.385 e. The molecule has 0 amide bonds. The zero-order chi connectivity index (χ0) is 14.9. The van der Waals surface area contributed by atoms with Crippen LogP contribution in [0.5, 0.6) is 0 Å². The summed E-state index contributed by atoms with van der Waals surface area (Å²) in [5.41, 5.74) is -3.02. The van der Waals surface area contributed by atoms with E-state index in [1.165, 1.54) is 13.1 Å². The van der Waals surface area contributed by atoms with Crippen LogP contribution in [0.2, 0.25) is 0 Å². The predicted octanol–water partition coefficient (Wildman–Crippen LogP) is -1.41. The first kappa shape index (κ1) is 14.4. The molecule has 1 unspecified atom stereocenters. The van der Waals surface area contributed by atoms with Gasteiger partial charge in [0, 0.05) is 18.7 Å². The number of hydrogen-bond acceptors (Lipinski definition) is 6. The Bertz CT molecular complexity index is 631. The van der Waals surface area contributed by atoms with E-state index in [-0.39, 0.29) is 6.42 Å². The van der Waals surface area contributed by atoms with E-state index in [4.69, 9.17) is 4.74 Å². The molecule has 108 valence electrons. The van der Waals surface area contributed by atoms with Crippen LogP contribution in [0, 0.1) is 5.92 Å². The number of aromatic amines is 1. The largest absolute Gasteiger partial charge is 0.385 e. The smallest absolute Gasteiger partial charge is 0.330 e. The second kappa shape index (κ2) is 5.14. The highest BCUT2D eigenvalue weighted by atomic mass is 16.5. The molecule has 0 saturated carbocycles. The highest BCUT2D eigenvalue weighted by molar-refractivity contribution is 5.60. The van der Waals surface area contributed by atoms with Crippen molar-refractivity contribution in [3.63, 3.8) is 0 Å². The van der Waals surface area contributed by atoms with E-state index in [1.54, 1.807) is 0 Å². The van der Waals surface area contributed by atoms with Gasteiger partial charge in [-0.3, -0.25) is 14.3 Å². The van der Waals surface area contributed by atoms with Gasteiger partial charge in [-0.1, -0.05) is 0 Å². The summed E-state index contributed by atoms with van der Waals surface area (Å²) < 4.78 is 6.44. The summed E-state index contributed by atoms with van der Waals surface area (Å²) in [4.78, 5) is 46.5. The summed E-state index contributed by atoms with van der Waals surface area (Å²) in [7, 11) is 0. The molecule has 0 aliphatic carbocycles. The first-order valence-corrected chi connectivity index (χ1v) is 6.00. The van der Waals surface area contributed by atoms with Crippen molar-refractivity contribution >= 4 is 12.6 Å². The lowest BCUT2D eigenvalue weighted by molar-refractivity contribution is -0.120. The highest BCUT2D eigenvalue weighted by Gasteiger charge is 2.53. The van der Waals surface area contributed by atoms with Crippen molar-refractivity contribution in [3.05, 3.63) is 33.1 Å². The molecule has 1 aromatic rings. The third-order valence-electron chi connectivity index (χ3n) is 3.46. The summed E-state index contributed by atoms with van der Waals surface area (Å²) in [6, 6.07) is 1.10. The summed E-state index contributed by atoms with van der Waals surface area (Å²) in [6.45, 7) is 1.35. The van der Waals surface area contributed by atoms with Crippen molar-refractivity contribution < 1.29 is 19.4 Å². The molecule has 2 rings (SSSR count). The number of rotatable bonds is 4. The molecule has 1 aromatic heterocycles. The summed E-state index contributed by atoms with van der Waals surface area (Å²) in [5, 5.41) is 10.4. The Hall–Kier alpha value is -2.06. The fraction of sp³-hybridized carbons (Fsp3) is 0.500. The van der Waals surface area contributed by atoms with Crippen LogP contribution in [-0.2, 0) is 14.3 Å². The number of H-pyrrole nitrogens is 1. The minimum absolute atomic E-state index is 0.0752. The van der Waals surface area contributed by atoms with Crippen molar-refractivity contribution in [2.45, 2.75) is 31.3 Å². The third kappa shape index (κ3) is 2.23. The molecule has 0 bridgehead atoms. The van der Waals surface area contributed by atoms with E-state index in [0.717, 1.165) is 10.6 Å². The van der Waals surface area contributed by atoms with Crippen molar-refractivity contribution in [1.82, 2.24) is 9.55 Å². The molecule has 4 atom stereocenters. The molecule has 8 nitrogen and oxygen atoms in total. The van der Waals surface area contributed by atoms with Gasteiger partial charge in [0.2, 0.25) is 0 Å². The zero-order valence-electron chi connectivity index (χ0n) is 10.7. The van der Waals surface area contributed by atoms with Crippen molar-refractivity contribution in [2.75, 3.05) is 0 Å². The van der Waals surface area contributed by atoms with Crippen molar-refractivity contribution in [1.29, 1.82) is 0 Å². The van der Waals surface area contributed by atoms with Gasteiger partial charge in [-0.2, -0.15) is 0 Å². The SMILES string of the molecule is CC1(O)[C@H](C=O)[C@@H](CC=O)O[C@H]1n1ccc(=O)[nH]c1=O. The maximum Gasteiger partial charge on any atom is 0.330 e. The number of carbonyl (C=O) groups excluding carboxylic acids is 2. The predicted molar refractivity (Wildman–Crippen MR) is 66.1 cm³/mol. The van der Waals surface area contributed by atoms with Gasteiger partial charge in [0.15, 0.2) is 6.23 Å². The molecule has 8 heteroatoms. The van der Waals surface area contributed by atoms with E-state index < -0.39 is 35.1 Å². The Labute approximate surface area is 113 Å². The first-order valence-electron chi connectivity index (χ1n) is 6.00. The molecular weight excluding hydrogens is 268 g/mol. The topological polar surface area (TPSA) is 118 Å². The summed E-state index contributed by atoms with van der Waals surface area (Å²) in [6.07, 6.45) is 0.204. The van der Waals surface area contributed by atoms with Gasteiger partial charge < -0.3 is 19.4 Å². The fourth-order valence-corrected chi connectivity index (χ4v) is 2.41. The van der Waals surface area contributed by atoms with Crippen LogP contribution in [0.4, 0.5) is 0 Å². The molecular formula is C12H14N2O6. The minimum atomic E-state index is -1.67. The van der Waals surface area contributed by atoms with Crippen LogP contribution >= 0.6 is 0 Å². The van der Waals surface area contributed by atoms with Crippen LogP contribution in [-0.4, -0.2) is 38.9 Å². The lowest BCUT2D eigenvalue weighted by atomic mass is 9.86. The summed E-state index contributed by atoms with van der Waals surface area (Å²) >= 11 is 0. The van der Waals surface area contributed by atoms with E-state index in [2.05, 4.69) is 0 Å². The van der Waals surface area contributed by atoms with E-state index in [0.29, 0.717) is 12.6 Å². The van der Waals surface area contributed by atoms with Gasteiger partial charge in [-0.25, -0.2) is 4.79 Å². The van der Waals surface area contributed by atoms with Gasteiger partial charge in [-0.15, -0.1) is 0 Å². The van der Waals surface area contributed by atoms with Crippen LogP contribution in [0.1, 0.15) is 19.6 Å². The number of nitrogens with zero attached hydrogens (tertiary/aromatic N) is 1. The normalized spacial score (nSPS) is 33.0. The second-order valence-electron chi connectivity index (χ2n) is 4.83. The van der Waals surface area contributed by atoms with Crippen LogP contribution < -0.4 is 11.2 Å². The average Bonchev–Trinajstić information content (AvgIpc) is 2.61. The zero-order valence-corrected chi connectivity index (χ0v) is 10.7. The monoisotopic (exact) mass is 282 g/mol. The third-order valence-corrected chi connectivity index (χ3v) is 3.46. The van der Waals surface area contributed by atoms with Crippen molar-refractivity contribution in [2.24, 2.45) is 5.92 Å². The molecule has 1 aliphatic rings. The number of hydrogen-bond donors (Lipinski definition) is 2. The lowest BCUT2D eigenvalue weighted by Gasteiger charge is -2.27. The number of aldehydes is 2. The maximum absolute atomic E-state index is 11.7. The van der Waals surface area contributed by atoms with Crippen LogP contribution in [0.15, 0.2) is 21.9 Å². The van der Waals surface area contributed by atoms with Gasteiger partial charge >= 0.3 is 5.69 Å². The van der Waals surface area contributed by atoms with Gasteiger partial charge in [0.1, 0.15) is 18.2 Å². The number of nitrogens with one attached hydrogen (secondary N) is 1. The molecule has 2 N–H and O–H groups in total. The van der Waals surface area contributed by atoms with E-state index in [9.17, 15) is 24.3 Å². The Morgan fingerprint density at radius 3 is 2.75 bits per heavy atom. The first-order chi connectivity index (χ1) is 9.41. The quantitative estimate of drug-likeness (QED) is 0.655. The number of aromatic nitrogens is 2. The highest BCUT2D eigenvalue weighted by Crippen LogP contribution is 2.41. The standard InChI is InChI=1S/C12H14N2O6/c1-12(19)7(6-16)8(3-5-15)20-10(12)14-4-2-9(17)13-11(14)18/h2,4-8,10,19H,3H2,1H3,(H,13,17,18)/t7-,8-,10-,12?/m1/s1. The Morgan fingerprint density at radius 2 is 2.20 bits per heavy atom. The number of aliphatic hydroxyl groups is 1. The molecule has 0 spiro atoms. The molecule has 2 heterocycles. The Morgan fingerprint density at radius 1 is 1.50 bits per heavy atom. The maximum atomic E-state index is 11.7. The molecule has 1 saturated heterocycles. The van der Waals surface area contributed by atoms with Gasteiger partial charge in [-0.05, 0) is 6.92 Å². The number of ether oxygens (including phenoxy) is 1. The Balaban J connectivity index is 2.46. The van der Waals surface area contributed by atoms with Gasteiger partial charge in [0.25, 0.3) is 5.56 Å². The number of carbonyl (C=O) groups is 2. The lowest BCUT2D eigenvalue weighted by Crippen LogP contribution is -2.44. The molecule has 0 aromatic carbocycles. The average molecular weight is 282 g/mol. The summed E-state index contributed by atoms with van der Waals surface area (Å²) in [5.74, 6) is -0.948. The van der Waals surface area contributed by atoms with Crippen LogP contribution in [0.3, 0.4) is 0 Å². The van der Waals surface area contributed by atoms with E-state index in [1.807, 2.05) is 4.98 Å².